The van der Waals surface area contributed by atoms with E-state index in [1.165, 1.54) is 32.8 Å². The summed E-state index contributed by atoms with van der Waals surface area (Å²) in [6, 6.07) is 0. The van der Waals surface area contributed by atoms with Crippen LogP contribution in [0.25, 0.3) is 0 Å². The number of hydrogen-bond donors (Lipinski definition) is 0. The van der Waals surface area contributed by atoms with Crippen molar-refractivity contribution < 1.29 is 9.53 Å². The molecule has 0 unspecified atom stereocenters. The zero-order valence-electron chi connectivity index (χ0n) is 11.1. The standard InChI is InChI=1S/C16H20O2/c1-18-16(17)12-10-8-6-4-2-3-5-7-9-11-15-13-14-15/h11H,4-9,13-14H2,1H3. The maximum absolute atomic E-state index is 10.7. The van der Waals surface area contributed by atoms with Gasteiger partial charge in [-0.25, -0.2) is 4.79 Å². The number of methoxy groups -OCH3 is 1. The smallest absolute Gasteiger partial charge is 0.384 e. The Balaban J connectivity index is 1.91. The minimum absolute atomic E-state index is 0.467. The lowest BCUT2D eigenvalue weighted by Gasteiger charge is -1.88. The highest BCUT2D eigenvalue weighted by atomic mass is 16.5. The second kappa shape index (κ2) is 9.37. The van der Waals surface area contributed by atoms with Crippen LogP contribution >= 0.6 is 0 Å². The molecule has 1 aliphatic rings. The van der Waals surface area contributed by atoms with E-state index in [2.05, 4.69) is 34.5 Å². The molecule has 0 radical (unpaired) electrons. The molecule has 1 rings (SSSR count). The van der Waals surface area contributed by atoms with Crippen molar-refractivity contribution in [1.82, 2.24) is 0 Å². The predicted octanol–water partition coefficient (Wildman–Crippen LogP) is 3.23. The molecule has 0 spiro atoms. The summed E-state index contributed by atoms with van der Waals surface area (Å²) in [5.41, 5.74) is 1.62. The van der Waals surface area contributed by atoms with E-state index in [4.69, 9.17) is 0 Å². The Morgan fingerprint density at radius 2 is 1.83 bits per heavy atom. The van der Waals surface area contributed by atoms with E-state index in [0.29, 0.717) is 6.42 Å². The lowest BCUT2D eigenvalue weighted by molar-refractivity contribution is -0.133. The van der Waals surface area contributed by atoms with Gasteiger partial charge in [-0.05, 0) is 32.1 Å². The van der Waals surface area contributed by atoms with Gasteiger partial charge in [0.1, 0.15) is 0 Å². The Labute approximate surface area is 110 Å². The third-order valence-electron chi connectivity index (χ3n) is 2.58. The molecule has 0 bridgehead atoms. The van der Waals surface area contributed by atoms with Gasteiger partial charge in [0.05, 0.1) is 7.11 Å². The predicted molar refractivity (Wildman–Crippen MR) is 72.6 cm³/mol. The van der Waals surface area contributed by atoms with Gasteiger partial charge in [0.2, 0.25) is 0 Å². The molecule has 0 heterocycles. The molecule has 1 fully saturated rings. The first-order chi connectivity index (χ1) is 8.83. The van der Waals surface area contributed by atoms with Gasteiger partial charge in [0.25, 0.3) is 0 Å². The minimum Gasteiger partial charge on any atom is -0.459 e. The molecular formula is C16H20O2. The maximum Gasteiger partial charge on any atom is 0.384 e. The Bertz CT molecular complexity index is 404. The van der Waals surface area contributed by atoms with Crippen LogP contribution in [0.15, 0.2) is 11.6 Å². The average molecular weight is 244 g/mol. The van der Waals surface area contributed by atoms with Crippen molar-refractivity contribution in [3.8, 4) is 23.7 Å². The molecule has 0 saturated heterocycles. The van der Waals surface area contributed by atoms with Gasteiger partial charge >= 0.3 is 5.97 Å². The van der Waals surface area contributed by atoms with E-state index in [0.717, 1.165) is 19.3 Å². The second-order valence-electron chi connectivity index (χ2n) is 4.26. The van der Waals surface area contributed by atoms with Crippen molar-refractivity contribution in [3.63, 3.8) is 0 Å². The lowest BCUT2D eigenvalue weighted by atomic mass is 10.2. The van der Waals surface area contributed by atoms with Gasteiger partial charge < -0.3 is 4.74 Å². The largest absolute Gasteiger partial charge is 0.459 e. The van der Waals surface area contributed by atoms with Crippen LogP contribution in [0, 0.1) is 23.7 Å². The molecule has 0 aliphatic heterocycles. The van der Waals surface area contributed by atoms with Crippen LogP contribution in [0.2, 0.25) is 0 Å². The quantitative estimate of drug-likeness (QED) is 0.244. The highest BCUT2D eigenvalue weighted by Gasteiger charge is 2.08. The van der Waals surface area contributed by atoms with Crippen LogP contribution in [-0.2, 0) is 9.53 Å². The topological polar surface area (TPSA) is 26.3 Å². The highest BCUT2D eigenvalue weighted by molar-refractivity contribution is 5.88. The fourth-order valence-corrected chi connectivity index (χ4v) is 1.40. The van der Waals surface area contributed by atoms with Gasteiger partial charge in [0, 0.05) is 25.2 Å². The van der Waals surface area contributed by atoms with Crippen LogP contribution in [-0.4, -0.2) is 13.1 Å². The van der Waals surface area contributed by atoms with Gasteiger partial charge in [-0.15, -0.1) is 11.8 Å². The van der Waals surface area contributed by atoms with Crippen molar-refractivity contribution in [2.45, 2.75) is 51.4 Å². The van der Waals surface area contributed by atoms with Crippen LogP contribution in [0.4, 0.5) is 0 Å². The summed E-state index contributed by atoms with van der Waals surface area (Å²) in [4.78, 5) is 10.7. The zero-order valence-corrected chi connectivity index (χ0v) is 11.1. The summed E-state index contributed by atoms with van der Waals surface area (Å²) in [7, 11) is 1.33. The van der Waals surface area contributed by atoms with Gasteiger partial charge in [-0.3, -0.25) is 0 Å². The number of allylic oxidation sites excluding steroid dienone is 2. The number of ether oxygens (including phenoxy) is 1. The van der Waals surface area contributed by atoms with E-state index in [1.807, 2.05) is 0 Å². The van der Waals surface area contributed by atoms with Crippen molar-refractivity contribution in [1.29, 1.82) is 0 Å². The second-order valence-corrected chi connectivity index (χ2v) is 4.26. The van der Waals surface area contributed by atoms with Crippen molar-refractivity contribution in [2.24, 2.45) is 0 Å². The van der Waals surface area contributed by atoms with Crippen molar-refractivity contribution >= 4 is 5.97 Å². The molecule has 0 aromatic heterocycles. The number of esters is 1. The molecule has 0 aromatic rings. The lowest BCUT2D eigenvalue weighted by Crippen LogP contribution is -1.93. The van der Waals surface area contributed by atoms with E-state index < -0.39 is 5.97 Å². The average Bonchev–Trinajstić information content (AvgIpc) is 3.19. The first-order valence-electron chi connectivity index (χ1n) is 6.53. The fourth-order valence-electron chi connectivity index (χ4n) is 1.40. The van der Waals surface area contributed by atoms with Crippen LogP contribution < -0.4 is 0 Å². The summed E-state index contributed by atoms with van der Waals surface area (Å²) in [6.45, 7) is 0. The molecule has 0 atom stereocenters. The first-order valence-corrected chi connectivity index (χ1v) is 6.53. The summed E-state index contributed by atoms with van der Waals surface area (Å²) in [5, 5.41) is 0. The van der Waals surface area contributed by atoms with E-state index >= 15 is 0 Å². The van der Waals surface area contributed by atoms with Crippen LogP contribution in [0.5, 0.6) is 0 Å². The molecule has 96 valence electrons. The summed E-state index contributed by atoms with van der Waals surface area (Å²) in [6.07, 6.45) is 10.8. The molecule has 18 heavy (non-hydrogen) atoms. The monoisotopic (exact) mass is 244 g/mol. The Kier molecular flexibility index (Phi) is 7.49. The highest BCUT2D eigenvalue weighted by Crippen LogP contribution is 2.28. The fraction of sp³-hybridized carbons (Fsp3) is 0.562. The van der Waals surface area contributed by atoms with E-state index in [9.17, 15) is 4.79 Å². The first kappa shape index (κ1) is 14.4. The van der Waals surface area contributed by atoms with Crippen molar-refractivity contribution in [3.05, 3.63) is 11.6 Å². The number of carbonyl (C=O) groups excluding carboxylic acids is 1. The molecule has 0 N–H and O–H groups in total. The molecule has 0 amide bonds. The molecule has 2 nitrogen and oxygen atoms in total. The third kappa shape index (κ3) is 8.48. The summed E-state index contributed by atoms with van der Waals surface area (Å²) < 4.78 is 4.41. The number of carbonyl (C=O) groups is 1. The van der Waals surface area contributed by atoms with Crippen molar-refractivity contribution in [2.75, 3.05) is 7.11 Å². The Morgan fingerprint density at radius 3 is 2.50 bits per heavy atom. The third-order valence-corrected chi connectivity index (χ3v) is 2.58. The maximum atomic E-state index is 10.7. The van der Waals surface area contributed by atoms with Gasteiger partial charge in [-0.2, -0.15) is 0 Å². The molecule has 2 heteroatoms. The number of rotatable bonds is 5. The molecule has 1 aliphatic carbocycles. The van der Waals surface area contributed by atoms with E-state index in [1.54, 1.807) is 5.57 Å². The molecule has 0 aromatic carbocycles. The molecule has 1 saturated carbocycles. The number of unbranched alkanes of at least 4 members (excludes halogenated alkanes) is 4. The Morgan fingerprint density at radius 1 is 1.17 bits per heavy atom. The number of hydrogen-bond acceptors (Lipinski definition) is 2. The van der Waals surface area contributed by atoms with E-state index in [-0.39, 0.29) is 0 Å². The van der Waals surface area contributed by atoms with Gasteiger partial charge in [-0.1, -0.05) is 17.6 Å². The molecular weight excluding hydrogens is 224 g/mol. The Hall–Kier alpha value is -1.67. The van der Waals surface area contributed by atoms with Crippen LogP contribution in [0.1, 0.15) is 51.4 Å². The summed E-state index contributed by atoms with van der Waals surface area (Å²) in [5.74, 6) is 11.0. The summed E-state index contributed by atoms with van der Waals surface area (Å²) >= 11 is 0. The normalized spacial score (nSPS) is 11.7. The van der Waals surface area contributed by atoms with Gasteiger partial charge in [0.15, 0.2) is 0 Å². The zero-order chi connectivity index (χ0) is 13.1. The SMILES string of the molecule is COC(=O)C#CCCCC#CCCCC=C1CC1. The van der Waals surface area contributed by atoms with Crippen LogP contribution in [0.3, 0.4) is 0 Å². The minimum atomic E-state index is -0.467.